The van der Waals surface area contributed by atoms with Gasteiger partial charge in [-0.1, -0.05) is 53.2 Å². The molecule has 5 aliphatic heterocycles. The quantitative estimate of drug-likeness (QED) is 0.0469. The molecular weight excluding hydrogens is 1160 g/mol. The molecule has 0 aromatic heterocycles. The van der Waals surface area contributed by atoms with E-state index >= 15 is 4.79 Å². The number of aliphatic hydroxyl groups is 17. The van der Waals surface area contributed by atoms with Crippen molar-refractivity contribution in [2.24, 2.45) is 50.2 Å². The fourth-order valence-corrected chi connectivity index (χ4v) is 17.7. The van der Waals surface area contributed by atoms with E-state index in [1.54, 1.807) is 6.92 Å². The van der Waals surface area contributed by atoms with Crippen molar-refractivity contribution in [1.82, 2.24) is 0 Å². The molecular formula is C59H96O28. The molecule has 0 aromatic carbocycles. The van der Waals surface area contributed by atoms with Gasteiger partial charge in [0.05, 0.1) is 56.9 Å². The van der Waals surface area contributed by atoms with Crippen molar-refractivity contribution in [3.63, 3.8) is 0 Å². The van der Waals surface area contributed by atoms with Gasteiger partial charge >= 0.3 is 5.97 Å². The molecule has 17 N–H and O–H groups in total. The number of ether oxygens (including phenoxy) is 10. The molecule has 0 bridgehead atoms. The van der Waals surface area contributed by atoms with Crippen LogP contribution >= 0.6 is 0 Å². The molecule has 10 aliphatic rings. The average Bonchev–Trinajstić information content (AvgIpc) is 0.675. The van der Waals surface area contributed by atoms with E-state index in [-0.39, 0.29) is 43.1 Å². The van der Waals surface area contributed by atoms with E-state index in [0.717, 1.165) is 5.57 Å². The number of carbonyl (C=O) groups is 1. The highest BCUT2D eigenvalue weighted by Crippen LogP contribution is 2.76. The average molecular weight is 1250 g/mol. The summed E-state index contributed by atoms with van der Waals surface area (Å²) < 4.78 is 60.0. The van der Waals surface area contributed by atoms with Crippen LogP contribution in [0.25, 0.3) is 0 Å². The van der Waals surface area contributed by atoms with Crippen LogP contribution in [-0.4, -0.2) is 285 Å². The number of rotatable bonds is 13. The zero-order valence-corrected chi connectivity index (χ0v) is 50.5. The third-order valence-corrected chi connectivity index (χ3v) is 23.2. The van der Waals surface area contributed by atoms with Gasteiger partial charge in [0.1, 0.15) is 103 Å². The minimum Gasteiger partial charge on any atom is -0.432 e. The van der Waals surface area contributed by atoms with E-state index in [1.165, 1.54) is 13.8 Å². The van der Waals surface area contributed by atoms with Crippen LogP contribution in [0.15, 0.2) is 11.6 Å². The van der Waals surface area contributed by atoms with Crippen LogP contribution in [0, 0.1) is 50.2 Å². The van der Waals surface area contributed by atoms with Crippen molar-refractivity contribution in [2.75, 3.05) is 26.4 Å². The first-order valence-electron chi connectivity index (χ1n) is 30.8. The second kappa shape index (κ2) is 24.8. The molecule has 0 radical (unpaired) electrons. The summed E-state index contributed by atoms with van der Waals surface area (Å²) in [6.45, 7) is 13.0. The summed E-state index contributed by atoms with van der Waals surface area (Å²) in [4.78, 5) is 15.8. The molecule has 0 unspecified atom stereocenters. The van der Waals surface area contributed by atoms with Crippen molar-refractivity contribution in [3.05, 3.63) is 11.6 Å². The summed E-state index contributed by atoms with van der Waals surface area (Å²) in [7, 11) is 0. The zero-order chi connectivity index (χ0) is 63.7. The SMILES string of the molecule is C[C@@H]1O[C@@H](O[C@H]2[C@H](OC(=O)[C@]34CCC(C)(C)C[C@H]3C3=CC[C@@H]5[C@@]6(C)C[C@H](O)[C@H](O[C@@H]7O[C@H](CO[C@@H]8OC[C@H](O)[C@H](O)[C@H]8O)[C@@H](O)[C@H](O)[C@H]7O)[C@@](C)(CO)[C@@H]6CC[C@@]5(C)[C@]3(C)C[C@H]4O)O[C@H](C)[C@H](O)[C@@H]2O[C@@H]2O[C@H](CO)[C@@H](O)[C@H](O)[C@H]2O)[C@H](O)[C@H](O)[C@H]1O. The van der Waals surface area contributed by atoms with Crippen LogP contribution < -0.4 is 0 Å². The minimum atomic E-state index is -1.97. The Morgan fingerprint density at radius 1 is 0.563 bits per heavy atom. The molecule has 35 atom stereocenters. The van der Waals surface area contributed by atoms with Gasteiger partial charge in [-0.05, 0) is 105 Å². The van der Waals surface area contributed by atoms with E-state index < -0.39 is 225 Å². The fraction of sp³-hybridized carbons (Fsp3) is 0.949. The van der Waals surface area contributed by atoms with Crippen LogP contribution in [0.2, 0.25) is 0 Å². The van der Waals surface area contributed by atoms with Crippen LogP contribution in [0.1, 0.15) is 107 Å². The molecule has 9 fully saturated rings. The van der Waals surface area contributed by atoms with Gasteiger partial charge in [-0.2, -0.15) is 0 Å². The topological polar surface area (TPSA) is 453 Å². The summed E-state index contributed by atoms with van der Waals surface area (Å²) in [5.41, 5.74) is -4.47. The first-order valence-corrected chi connectivity index (χ1v) is 30.8. The highest BCUT2D eigenvalue weighted by molar-refractivity contribution is 5.80. The summed E-state index contributed by atoms with van der Waals surface area (Å²) in [6, 6.07) is 0. The summed E-state index contributed by atoms with van der Waals surface area (Å²) in [6.07, 6.45) is -39.2. The Hall–Kier alpha value is -1.83. The molecule has 5 aliphatic carbocycles. The zero-order valence-electron chi connectivity index (χ0n) is 50.5. The second-order valence-corrected chi connectivity index (χ2v) is 28.8. The molecule has 0 amide bonds. The third-order valence-electron chi connectivity index (χ3n) is 23.2. The lowest BCUT2D eigenvalue weighted by atomic mass is 9.33. The number of hydrogen-bond acceptors (Lipinski definition) is 28. The Bertz CT molecular complexity index is 2440. The standard InChI is InChI=1S/C59H96O28/c1-22-33(65)38(70)42(74)49(80-22)85-46-45(84-50-43(75)39(71)36(68)28(18-60)82-50)34(66)23(2)81-52(46)87-53(77)59-14-13-54(3,4)15-25(59)24-9-10-31-55(5)16-26(62)47(56(6,21-61)30(55)11-12-57(31,7)58(24,8)17-32(59)64)86-51-44(76)40(72)37(69)29(83-51)20-79-48-41(73)35(67)27(63)19-78-48/h9,22-23,25-52,60-76H,10-21H2,1-8H3/t22-,23+,25-,26-,27-,28+,29+,30+,31+,32+,33-,34-,35-,36+,37+,38+,39-,40-,41+,42+,43+,44+,45-,46+,47-,48-,49-,50-,51-,52-,55-,56-,57+,58+,59+/m0/s1. The number of aliphatic hydroxyl groups excluding tert-OH is 17. The van der Waals surface area contributed by atoms with Crippen LogP contribution in [0.4, 0.5) is 0 Å². The van der Waals surface area contributed by atoms with Crippen LogP contribution in [0.5, 0.6) is 0 Å². The molecule has 5 saturated heterocycles. The smallest absolute Gasteiger partial charge is 0.317 e. The highest BCUT2D eigenvalue weighted by Gasteiger charge is 2.73. The van der Waals surface area contributed by atoms with Crippen LogP contribution in [-0.2, 0) is 52.2 Å². The Labute approximate surface area is 504 Å². The van der Waals surface area contributed by atoms with Crippen molar-refractivity contribution < 1.29 is 139 Å². The van der Waals surface area contributed by atoms with Gasteiger partial charge in [-0.3, -0.25) is 4.79 Å². The lowest BCUT2D eigenvalue weighted by molar-refractivity contribution is -0.385. The summed E-state index contributed by atoms with van der Waals surface area (Å²) in [5.74, 6) is -2.11. The minimum absolute atomic E-state index is 0.0676. The molecule has 4 saturated carbocycles. The second-order valence-electron chi connectivity index (χ2n) is 28.8. The Kier molecular flexibility index (Phi) is 19.4. The van der Waals surface area contributed by atoms with E-state index in [9.17, 15) is 86.8 Å². The fourth-order valence-electron chi connectivity index (χ4n) is 17.7. The van der Waals surface area contributed by atoms with E-state index in [1.807, 2.05) is 0 Å². The van der Waals surface area contributed by atoms with Crippen LogP contribution in [0.3, 0.4) is 0 Å². The molecule has 5 heterocycles. The number of carbonyl (C=O) groups excluding carboxylic acids is 1. The first-order chi connectivity index (χ1) is 40.7. The predicted octanol–water partition coefficient (Wildman–Crippen LogP) is -4.60. The lowest BCUT2D eigenvalue weighted by Crippen LogP contribution is -2.70. The maximum atomic E-state index is 15.8. The highest BCUT2D eigenvalue weighted by atomic mass is 16.8. The Balaban J connectivity index is 0.927. The van der Waals surface area contributed by atoms with Gasteiger partial charge in [-0.25, -0.2) is 0 Å². The van der Waals surface area contributed by atoms with E-state index in [4.69, 9.17) is 47.4 Å². The lowest BCUT2D eigenvalue weighted by Gasteiger charge is -2.72. The Morgan fingerprint density at radius 2 is 1.13 bits per heavy atom. The third kappa shape index (κ3) is 11.2. The van der Waals surface area contributed by atoms with Gasteiger partial charge in [0.2, 0.25) is 6.29 Å². The molecule has 10 rings (SSSR count). The predicted molar refractivity (Wildman–Crippen MR) is 291 cm³/mol. The number of fused-ring (bicyclic) bond motifs is 7. The van der Waals surface area contributed by atoms with Gasteiger partial charge in [0.25, 0.3) is 0 Å². The molecule has 28 nitrogen and oxygen atoms in total. The van der Waals surface area contributed by atoms with Crippen molar-refractivity contribution in [3.8, 4) is 0 Å². The monoisotopic (exact) mass is 1250 g/mol. The van der Waals surface area contributed by atoms with E-state index in [2.05, 4.69) is 40.7 Å². The molecule has 87 heavy (non-hydrogen) atoms. The maximum absolute atomic E-state index is 15.8. The normalized spacial score (nSPS) is 56.0. The van der Waals surface area contributed by atoms with Crippen molar-refractivity contribution in [2.45, 2.75) is 272 Å². The number of allylic oxidation sites excluding steroid dienone is 2. The largest absolute Gasteiger partial charge is 0.432 e. The molecule has 0 aromatic rings. The molecule has 500 valence electrons. The molecule has 28 heteroatoms. The van der Waals surface area contributed by atoms with Gasteiger partial charge in [0.15, 0.2) is 31.3 Å². The molecule has 0 spiro atoms. The van der Waals surface area contributed by atoms with Gasteiger partial charge < -0.3 is 134 Å². The number of hydrogen-bond donors (Lipinski definition) is 17. The van der Waals surface area contributed by atoms with Crippen molar-refractivity contribution >= 4 is 5.97 Å². The maximum Gasteiger partial charge on any atom is 0.317 e. The first kappa shape index (κ1) is 68.0. The summed E-state index contributed by atoms with van der Waals surface area (Å²) in [5, 5.41) is 188. The van der Waals surface area contributed by atoms with Gasteiger partial charge in [0, 0.05) is 5.41 Å². The van der Waals surface area contributed by atoms with Gasteiger partial charge in [-0.15, -0.1) is 0 Å². The van der Waals surface area contributed by atoms with E-state index in [0.29, 0.717) is 32.1 Å². The van der Waals surface area contributed by atoms with Crippen molar-refractivity contribution in [1.29, 1.82) is 0 Å². The Morgan fingerprint density at radius 3 is 1.77 bits per heavy atom. The number of esters is 1. The summed E-state index contributed by atoms with van der Waals surface area (Å²) >= 11 is 0.